The Hall–Kier alpha value is -1.60. The van der Waals surface area contributed by atoms with Crippen LogP contribution in [0.25, 0.3) is 0 Å². The van der Waals surface area contributed by atoms with Gasteiger partial charge in [-0.2, -0.15) is 5.26 Å². The Kier molecular flexibility index (Phi) is 2.92. The monoisotopic (exact) mass is 242 g/mol. The van der Waals surface area contributed by atoms with Gasteiger partial charge in [-0.3, -0.25) is 0 Å². The summed E-state index contributed by atoms with van der Waals surface area (Å²) in [5, 5.41) is 16.2. The second kappa shape index (κ2) is 4.58. The molecule has 3 rings (SSSR count). The highest BCUT2D eigenvalue weighted by molar-refractivity contribution is 5.54. The van der Waals surface area contributed by atoms with Gasteiger partial charge < -0.3 is 10.6 Å². The van der Waals surface area contributed by atoms with Crippen LogP contribution in [0.2, 0.25) is 0 Å². The SMILES string of the molecule is N#Cc1ncccc1NC1CCNC2(CCC2)C1. The first kappa shape index (κ1) is 11.5. The van der Waals surface area contributed by atoms with Crippen LogP contribution >= 0.6 is 0 Å². The Morgan fingerprint density at radius 2 is 2.39 bits per heavy atom. The largest absolute Gasteiger partial charge is 0.380 e. The molecule has 2 aliphatic rings. The van der Waals surface area contributed by atoms with Gasteiger partial charge in [-0.15, -0.1) is 0 Å². The van der Waals surface area contributed by atoms with Gasteiger partial charge in [-0.1, -0.05) is 0 Å². The summed E-state index contributed by atoms with van der Waals surface area (Å²) in [7, 11) is 0. The molecule has 4 heteroatoms. The Labute approximate surface area is 107 Å². The van der Waals surface area contributed by atoms with E-state index >= 15 is 0 Å². The van der Waals surface area contributed by atoms with Crippen molar-refractivity contribution in [3.63, 3.8) is 0 Å². The second-order valence-electron chi connectivity index (χ2n) is 5.41. The van der Waals surface area contributed by atoms with Crippen molar-refractivity contribution in [2.75, 3.05) is 11.9 Å². The Morgan fingerprint density at radius 1 is 1.50 bits per heavy atom. The number of rotatable bonds is 2. The summed E-state index contributed by atoms with van der Waals surface area (Å²) in [5.41, 5.74) is 1.75. The van der Waals surface area contributed by atoms with Crippen molar-refractivity contribution >= 4 is 5.69 Å². The summed E-state index contributed by atoms with van der Waals surface area (Å²) in [6, 6.07) is 6.43. The van der Waals surface area contributed by atoms with E-state index in [4.69, 9.17) is 5.26 Å². The fourth-order valence-corrected chi connectivity index (χ4v) is 3.10. The van der Waals surface area contributed by atoms with Crippen molar-refractivity contribution in [2.24, 2.45) is 0 Å². The molecule has 0 amide bonds. The summed E-state index contributed by atoms with van der Waals surface area (Å²) in [4.78, 5) is 4.09. The predicted molar refractivity (Wildman–Crippen MR) is 70.2 cm³/mol. The number of nitrogens with one attached hydrogen (secondary N) is 2. The van der Waals surface area contributed by atoms with Crippen LogP contribution in [0.1, 0.15) is 37.8 Å². The highest BCUT2D eigenvalue weighted by Gasteiger charge is 2.40. The number of hydrogen-bond acceptors (Lipinski definition) is 4. The Morgan fingerprint density at radius 3 is 3.11 bits per heavy atom. The molecule has 1 spiro atoms. The maximum absolute atomic E-state index is 9.04. The van der Waals surface area contributed by atoms with Gasteiger partial charge in [0.1, 0.15) is 6.07 Å². The highest BCUT2D eigenvalue weighted by Crippen LogP contribution is 2.39. The molecule has 4 nitrogen and oxygen atoms in total. The number of nitrogens with zero attached hydrogens (tertiary/aromatic N) is 2. The van der Waals surface area contributed by atoms with Gasteiger partial charge in [0.25, 0.3) is 0 Å². The zero-order valence-electron chi connectivity index (χ0n) is 10.4. The molecule has 2 N–H and O–H groups in total. The molecule has 94 valence electrons. The van der Waals surface area contributed by atoms with Crippen LogP contribution in [0.15, 0.2) is 18.3 Å². The van der Waals surface area contributed by atoms with Crippen molar-refractivity contribution in [1.82, 2.24) is 10.3 Å². The van der Waals surface area contributed by atoms with Crippen molar-refractivity contribution in [1.29, 1.82) is 5.26 Å². The fraction of sp³-hybridized carbons (Fsp3) is 0.571. The molecule has 1 unspecified atom stereocenters. The Balaban J connectivity index is 1.70. The van der Waals surface area contributed by atoms with Crippen LogP contribution in [-0.4, -0.2) is 23.1 Å². The van der Waals surface area contributed by atoms with Gasteiger partial charge in [0.2, 0.25) is 0 Å². The molecule has 1 atom stereocenters. The van der Waals surface area contributed by atoms with E-state index in [0.717, 1.165) is 25.1 Å². The molecule has 1 saturated carbocycles. The molecular weight excluding hydrogens is 224 g/mol. The van der Waals surface area contributed by atoms with Gasteiger partial charge in [-0.05, 0) is 50.8 Å². The molecular formula is C14H18N4. The van der Waals surface area contributed by atoms with Crippen LogP contribution in [0.5, 0.6) is 0 Å². The second-order valence-corrected chi connectivity index (χ2v) is 5.41. The summed E-state index contributed by atoms with van der Waals surface area (Å²) in [6.07, 6.45) is 7.87. The molecule has 2 heterocycles. The fourth-order valence-electron chi connectivity index (χ4n) is 3.10. The maximum atomic E-state index is 9.04. The van der Waals surface area contributed by atoms with E-state index < -0.39 is 0 Å². The van der Waals surface area contributed by atoms with Gasteiger partial charge in [-0.25, -0.2) is 4.98 Å². The molecule has 0 aromatic carbocycles. The van der Waals surface area contributed by atoms with E-state index in [1.807, 2.05) is 12.1 Å². The van der Waals surface area contributed by atoms with E-state index in [9.17, 15) is 0 Å². The van der Waals surface area contributed by atoms with Crippen LogP contribution in [0, 0.1) is 11.3 Å². The lowest BCUT2D eigenvalue weighted by molar-refractivity contribution is 0.135. The smallest absolute Gasteiger partial charge is 0.163 e. The van der Waals surface area contributed by atoms with Crippen molar-refractivity contribution in [2.45, 2.75) is 43.7 Å². The van der Waals surface area contributed by atoms with Crippen molar-refractivity contribution in [3.8, 4) is 6.07 Å². The molecule has 1 aliphatic heterocycles. The minimum absolute atomic E-state index is 0.380. The maximum Gasteiger partial charge on any atom is 0.163 e. The summed E-state index contributed by atoms with van der Waals surface area (Å²) >= 11 is 0. The van der Waals surface area contributed by atoms with Gasteiger partial charge in [0.15, 0.2) is 5.69 Å². The average molecular weight is 242 g/mol. The standard InChI is InChI=1S/C14H18N4/c15-10-13-12(3-1-7-16-13)18-11-4-8-17-14(9-11)5-2-6-14/h1,3,7,11,17-18H,2,4-6,8-9H2. The van der Waals surface area contributed by atoms with E-state index in [2.05, 4.69) is 21.7 Å². The third kappa shape index (κ3) is 2.06. The van der Waals surface area contributed by atoms with Crippen LogP contribution < -0.4 is 10.6 Å². The molecule has 2 fully saturated rings. The zero-order valence-corrected chi connectivity index (χ0v) is 10.4. The third-order valence-corrected chi connectivity index (χ3v) is 4.21. The normalized spacial score (nSPS) is 25.2. The molecule has 1 saturated heterocycles. The van der Waals surface area contributed by atoms with E-state index in [0.29, 0.717) is 17.3 Å². The first-order valence-electron chi connectivity index (χ1n) is 6.68. The quantitative estimate of drug-likeness (QED) is 0.833. The number of aromatic nitrogens is 1. The predicted octanol–water partition coefficient (Wildman–Crippen LogP) is 2.04. The summed E-state index contributed by atoms with van der Waals surface area (Å²) in [5.74, 6) is 0. The number of anilines is 1. The number of hydrogen-bond donors (Lipinski definition) is 2. The number of nitriles is 1. The molecule has 1 aromatic heterocycles. The van der Waals surface area contributed by atoms with Crippen molar-refractivity contribution in [3.05, 3.63) is 24.0 Å². The molecule has 1 aromatic rings. The molecule has 0 radical (unpaired) electrons. The van der Waals surface area contributed by atoms with Gasteiger partial charge in [0, 0.05) is 17.8 Å². The highest BCUT2D eigenvalue weighted by atomic mass is 15.1. The summed E-state index contributed by atoms with van der Waals surface area (Å²) < 4.78 is 0. The third-order valence-electron chi connectivity index (χ3n) is 4.21. The van der Waals surface area contributed by atoms with Crippen LogP contribution in [0.4, 0.5) is 5.69 Å². The van der Waals surface area contributed by atoms with Crippen LogP contribution in [0.3, 0.4) is 0 Å². The van der Waals surface area contributed by atoms with Gasteiger partial charge in [0.05, 0.1) is 5.69 Å². The topological polar surface area (TPSA) is 60.7 Å². The van der Waals surface area contributed by atoms with E-state index in [1.54, 1.807) is 6.20 Å². The number of pyridine rings is 1. The first-order valence-corrected chi connectivity index (χ1v) is 6.68. The minimum Gasteiger partial charge on any atom is -0.380 e. The van der Waals surface area contributed by atoms with Crippen LogP contribution in [-0.2, 0) is 0 Å². The summed E-state index contributed by atoms with van der Waals surface area (Å²) in [6.45, 7) is 1.07. The first-order chi connectivity index (χ1) is 8.81. The van der Waals surface area contributed by atoms with E-state index in [-0.39, 0.29) is 0 Å². The zero-order chi connectivity index (χ0) is 12.4. The number of piperidine rings is 1. The Bertz CT molecular complexity index is 473. The van der Waals surface area contributed by atoms with E-state index in [1.165, 1.54) is 19.3 Å². The molecule has 1 aliphatic carbocycles. The lowest BCUT2D eigenvalue weighted by atomic mass is 9.70. The minimum atomic E-state index is 0.380. The van der Waals surface area contributed by atoms with Crippen molar-refractivity contribution < 1.29 is 0 Å². The lowest BCUT2D eigenvalue weighted by Gasteiger charge is -2.48. The lowest BCUT2D eigenvalue weighted by Crippen LogP contribution is -2.58. The average Bonchev–Trinajstić information content (AvgIpc) is 2.38. The van der Waals surface area contributed by atoms with Gasteiger partial charge >= 0.3 is 0 Å². The molecule has 18 heavy (non-hydrogen) atoms. The molecule has 0 bridgehead atoms.